The van der Waals surface area contributed by atoms with Gasteiger partial charge in [0.1, 0.15) is 6.17 Å². The molecule has 31 heavy (non-hydrogen) atoms. The van der Waals surface area contributed by atoms with Crippen LogP contribution in [0.4, 0.5) is 4.39 Å². The summed E-state index contributed by atoms with van der Waals surface area (Å²) in [7, 11) is -4.19. The van der Waals surface area contributed by atoms with Crippen LogP contribution in [0.25, 0.3) is 21.8 Å². The Morgan fingerprint density at radius 1 is 1.13 bits per heavy atom. The number of fused-ring (bicyclic) bond motifs is 2. The van der Waals surface area contributed by atoms with Gasteiger partial charge in [0.25, 0.3) is 5.56 Å². The molecule has 1 aliphatic carbocycles. The van der Waals surface area contributed by atoms with Crippen LogP contribution in [0.15, 0.2) is 62.0 Å². The molecule has 160 valence electrons. The fraction of sp³-hybridized carbons (Fsp3) is 0.200. The van der Waals surface area contributed by atoms with Crippen molar-refractivity contribution in [2.24, 2.45) is 0 Å². The lowest BCUT2D eigenvalue weighted by Crippen LogP contribution is -2.33. The summed E-state index contributed by atoms with van der Waals surface area (Å²) in [5.41, 5.74) is -1.97. The molecule has 0 radical (unpaired) electrons. The lowest BCUT2D eigenvalue weighted by atomic mass is 9.90. The van der Waals surface area contributed by atoms with Crippen molar-refractivity contribution < 1.29 is 18.0 Å². The van der Waals surface area contributed by atoms with E-state index in [-0.39, 0.29) is 36.5 Å². The van der Waals surface area contributed by atoms with Gasteiger partial charge in [-0.3, -0.25) is 4.79 Å². The molecule has 1 aliphatic rings. The molecule has 2 heterocycles. The van der Waals surface area contributed by atoms with Crippen LogP contribution in [-0.2, 0) is 9.84 Å². The third kappa shape index (κ3) is 2.89. The number of H-pyrrole nitrogens is 1. The number of sulfone groups is 1. The molecule has 2 aromatic carbocycles. The molecule has 0 atom stereocenters. The van der Waals surface area contributed by atoms with Crippen molar-refractivity contribution in [2.45, 2.75) is 34.8 Å². The van der Waals surface area contributed by atoms with E-state index in [2.05, 4.69) is 4.98 Å². The maximum atomic E-state index is 13.4. The predicted molar refractivity (Wildman–Crippen MR) is 112 cm³/mol. The smallest absolute Gasteiger partial charge is 0.362 e. The minimum absolute atomic E-state index is 0.0406. The van der Waals surface area contributed by atoms with Crippen LogP contribution < -0.4 is 11.2 Å². The first kappa shape index (κ1) is 19.8. The van der Waals surface area contributed by atoms with Gasteiger partial charge >= 0.3 is 5.69 Å². The molecule has 2 aromatic heterocycles. The van der Waals surface area contributed by atoms with Crippen LogP contribution in [0.3, 0.4) is 0 Å². The van der Waals surface area contributed by atoms with Crippen molar-refractivity contribution in [3.63, 3.8) is 0 Å². The Labute approximate surface area is 179 Å². The number of nitrogens with one attached hydrogen (secondary N) is 1. The van der Waals surface area contributed by atoms with Gasteiger partial charge in [-0.25, -0.2) is 17.6 Å². The van der Waals surface area contributed by atoms with Crippen molar-refractivity contribution in [3.8, 4) is 0 Å². The standard InChI is InChI=1S/C20H15ClFN3O5S/c21-14-3-4-16(18-17(14)19(26)25(28)20(27)23-18)31(29,30)13-2-1-10-5-6-24(15(10)9-13)12-7-11(22)8-12/h1-6,9,11-12,28H,7-8H2,(H,23,27). The van der Waals surface area contributed by atoms with E-state index in [9.17, 15) is 27.6 Å². The normalized spacial score (nSPS) is 19.0. The van der Waals surface area contributed by atoms with Crippen LogP contribution in [-0.4, -0.2) is 34.1 Å². The number of halogens is 2. The quantitative estimate of drug-likeness (QED) is 0.453. The number of alkyl halides is 1. The zero-order valence-corrected chi connectivity index (χ0v) is 17.3. The molecule has 0 saturated heterocycles. The van der Waals surface area contributed by atoms with E-state index in [1.807, 2.05) is 10.6 Å². The molecule has 0 bridgehead atoms. The molecule has 0 amide bonds. The van der Waals surface area contributed by atoms with Crippen molar-refractivity contribution in [1.82, 2.24) is 14.3 Å². The molecule has 11 heteroatoms. The first-order chi connectivity index (χ1) is 14.7. The molecule has 0 spiro atoms. The summed E-state index contributed by atoms with van der Waals surface area (Å²) in [4.78, 5) is 26.0. The third-order valence-electron chi connectivity index (χ3n) is 5.69. The summed E-state index contributed by atoms with van der Waals surface area (Å²) in [5.74, 6) is 0. The van der Waals surface area contributed by atoms with Gasteiger partial charge in [-0.05, 0) is 48.6 Å². The average molecular weight is 464 g/mol. The highest BCUT2D eigenvalue weighted by Gasteiger charge is 2.31. The maximum absolute atomic E-state index is 13.4. The summed E-state index contributed by atoms with van der Waals surface area (Å²) in [6, 6.07) is 8.76. The summed E-state index contributed by atoms with van der Waals surface area (Å²) in [6.45, 7) is 0. The SMILES string of the molecule is O=c1[nH]c2c(S(=O)(=O)c3ccc4ccn(C5CC(F)C5)c4c3)ccc(Cl)c2c(=O)n1O. The van der Waals surface area contributed by atoms with E-state index in [1.165, 1.54) is 24.3 Å². The molecule has 0 aliphatic heterocycles. The second kappa shape index (κ2) is 6.69. The van der Waals surface area contributed by atoms with Crippen LogP contribution >= 0.6 is 11.6 Å². The molecule has 1 saturated carbocycles. The first-order valence-corrected chi connectivity index (χ1v) is 11.2. The number of rotatable bonds is 3. The van der Waals surface area contributed by atoms with Crippen molar-refractivity contribution >= 4 is 43.2 Å². The second-order valence-electron chi connectivity index (χ2n) is 7.51. The predicted octanol–water partition coefficient (Wildman–Crippen LogP) is 3.04. The second-order valence-corrected chi connectivity index (χ2v) is 9.84. The van der Waals surface area contributed by atoms with E-state index in [4.69, 9.17) is 11.6 Å². The highest BCUT2D eigenvalue weighted by Crippen LogP contribution is 2.38. The van der Waals surface area contributed by atoms with Crippen molar-refractivity contribution in [2.75, 3.05) is 0 Å². The van der Waals surface area contributed by atoms with Crippen LogP contribution in [0.5, 0.6) is 0 Å². The van der Waals surface area contributed by atoms with Gasteiger partial charge in [0.15, 0.2) is 0 Å². The highest BCUT2D eigenvalue weighted by atomic mass is 35.5. The molecular weight excluding hydrogens is 449 g/mol. The van der Waals surface area contributed by atoms with Gasteiger partial charge in [0, 0.05) is 17.8 Å². The number of benzene rings is 2. The van der Waals surface area contributed by atoms with E-state index in [0.29, 0.717) is 18.4 Å². The van der Waals surface area contributed by atoms with Gasteiger partial charge in [0.2, 0.25) is 9.84 Å². The monoisotopic (exact) mass is 463 g/mol. The Morgan fingerprint density at radius 2 is 1.87 bits per heavy atom. The molecule has 0 unspecified atom stereocenters. The number of hydrogen-bond acceptors (Lipinski definition) is 5. The number of nitrogens with zero attached hydrogens (tertiary/aromatic N) is 2. The van der Waals surface area contributed by atoms with Crippen LogP contribution in [0, 0.1) is 0 Å². The van der Waals surface area contributed by atoms with Gasteiger partial charge in [-0.1, -0.05) is 22.4 Å². The third-order valence-corrected chi connectivity index (χ3v) is 7.80. The van der Waals surface area contributed by atoms with E-state index < -0.39 is 27.3 Å². The lowest BCUT2D eigenvalue weighted by molar-refractivity contribution is 0.140. The van der Waals surface area contributed by atoms with Crippen LogP contribution in [0.1, 0.15) is 18.9 Å². The Balaban J connectivity index is 1.73. The van der Waals surface area contributed by atoms with E-state index >= 15 is 0 Å². The average Bonchev–Trinajstić information content (AvgIpc) is 3.12. The molecule has 2 N–H and O–H groups in total. The molecule has 1 fully saturated rings. The molecule has 5 rings (SSSR count). The van der Waals surface area contributed by atoms with Crippen molar-refractivity contribution in [3.05, 3.63) is 68.5 Å². The summed E-state index contributed by atoms with van der Waals surface area (Å²) >= 11 is 6.03. The largest absolute Gasteiger partial charge is 0.421 e. The number of hydrogen-bond donors (Lipinski definition) is 2. The Kier molecular flexibility index (Phi) is 4.28. The summed E-state index contributed by atoms with van der Waals surface area (Å²) in [6.07, 6.45) is 1.69. The fourth-order valence-corrected chi connectivity index (χ4v) is 5.64. The summed E-state index contributed by atoms with van der Waals surface area (Å²) < 4.78 is 41.9. The van der Waals surface area contributed by atoms with Gasteiger partial charge in [0.05, 0.1) is 25.7 Å². The van der Waals surface area contributed by atoms with E-state index in [0.717, 1.165) is 5.39 Å². The topological polar surface area (TPSA) is 114 Å². The molecule has 4 aromatic rings. The molecule has 8 nitrogen and oxygen atoms in total. The Hall–Kier alpha value is -3.11. The van der Waals surface area contributed by atoms with Gasteiger partial charge in [-0.15, -0.1) is 0 Å². The van der Waals surface area contributed by atoms with E-state index in [1.54, 1.807) is 12.3 Å². The fourth-order valence-electron chi connectivity index (χ4n) is 3.96. The van der Waals surface area contributed by atoms with Gasteiger partial charge < -0.3 is 14.8 Å². The highest BCUT2D eigenvalue weighted by molar-refractivity contribution is 7.91. The number of aromatic amines is 1. The zero-order valence-electron chi connectivity index (χ0n) is 15.7. The minimum atomic E-state index is -4.19. The lowest BCUT2D eigenvalue weighted by Gasteiger charge is -2.31. The molecular formula is C20H15ClFN3O5S. The first-order valence-electron chi connectivity index (χ1n) is 9.35. The van der Waals surface area contributed by atoms with Crippen molar-refractivity contribution in [1.29, 1.82) is 0 Å². The van der Waals surface area contributed by atoms with Gasteiger partial charge in [-0.2, -0.15) is 0 Å². The Morgan fingerprint density at radius 3 is 2.58 bits per heavy atom. The number of aromatic nitrogens is 3. The zero-order chi connectivity index (χ0) is 22.1. The minimum Gasteiger partial charge on any atom is -0.421 e. The maximum Gasteiger partial charge on any atom is 0.362 e. The Bertz CT molecular complexity index is 1600. The van der Waals surface area contributed by atoms with Crippen LogP contribution in [0.2, 0.25) is 5.02 Å². The summed E-state index contributed by atoms with van der Waals surface area (Å²) in [5, 5.41) is 9.95.